The smallest absolute Gasteiger partial charge is 0.189 e. The van der Waals surface area contributed by atoms with Gasteiger partial charge in [0.1, 0.15) is 5.82 Å². The molecule has 3 heterocycles. The number of nitrogens with zero attached hydrogens (tertiary/aromatic N) is 3. The van der Waals surface area contributed by atoms with Crippen molar-refractivity contribution in [3.8, 4) is 0 Å². The van der Waals surface area contributed by atoms with Gasteiger partial charge in [0.2, 0.25) is 0 Å². The first-order valence-electron chi connectivity index (χ1n) is 6.05. The van der Waals surface area contributed by atoms with E-state index in [1.54, 1.807) is 11.8 Å². The molecule has 100 valence electrons. The number of thioether (sulfide) groups is 1. The Bertz CT molecular complexity index is 623. The highest BCUT2D eigenvalue weighted by Crippen LogP contribution is 2.44. The highest BCUT2D eigenvalue weighted by atomic mass is 79.9. The van der Waals surface area contributed by atoms with Gasteiger partial charge in [-0.2, -0.15) is 0 Å². The molecule has 1 aliphatic rings. The van der Waals surface area contributed by atoms with E-state index < -0.39 is 0 Å². The average Bonchev–Trinajstić information content (AvgIpc) is 2.88. The molecule has 0 aliphatic carbocycles. The summed E-state index contributed by atoms with van der Waals surface area (Å²) in [5.41, 5.74) is 2.54. The van der Waals surface area contributed by atoms with E-state index in [2.05, 4.69) is 55.7 Å². The summed E-state index contributed by atoms with van der Waals surface area (Å²) < 4.78 is 1.01. The van der Waals surface area contributed by atoms with Crippen LogP contribution in [0.1, 0.15) is 19.5 Å². The maximum atomic E-state index is 4.60. The zero-order valence-electron chi connectivity index (χ0n) is 11.1. The van der Waals surface area contributed by atoms with Crippen LogP contribution < -0.4 is 4.90 Å². The van der Waals surface area contributed by atoms with Crippen LogP contribution in [0.3, 0.4) is 0 Å². The number of nitrogens with one attached hydrogen (secondary N) is 1. The van der Waals surface area contributed by atoms with Crippen molar-refractivity contribution in [1.29, 1.82) is 0 Å². The number of halogens is 1. The fraction of sp³-hybridized carbons (Fsp3) is 0.385. The van der Waals surface area contributed by atoms with Gasteiger partial charge >= 0.3 is 0 Å². The Hall–Kier alpha value is -1.01. The molecule has 1 N–H and O–H groups in total. The summed E-state index contributed by atoms with van der Waals surface area (Å²) in [4.78, 5) is 14.5. The van der Waals surface area contributed by atoms with E-state index in [9.17, 15) is 0 Å². The van der Waals surface area contributed by atoms with E-state index in [-0.39, 0.29) is 5.41 Å². The lowest BCUT2D eigenvalue weighted by molar-refractivity contribution is 0.551. The molecule has 0 atom stereocenters. The van der Waals surface area contributed by atoms with Crippen LogP contribution in [0.25, 0.3) is 0 Å². The zero-order valence-corrected chi connectivity index (χ0v) is 13.5. The number of hydrogen-bond acceptors (Lipinski definition) is 4. The number of fused-ring (bicyclic) bond motifs is 1. The third kappa shape index (κ3) is 2.17. The van der Waals surface area contributed by atoms with E-state index in [0.29, 0.717) is 0 Å². The van der Waals surface area contributed by atoms with Crippen LogP contribution in [0.5, 0.6) is 0 Å². The third-order valence-corrected chi connectivity index (χ3v) is 4.35. The number of anilines is 2. The minimum atomic E-state index is 0.0891. The molecule has 2 aromatic rings. The molecule has 0 aromatic carbocycles. The molecule has 6 heteroatoms. The van der Waals surface area contributed by atoms with Crippen molar-refractivity contribution in [2.24, 2.45) is 0 Å². The zero-order chi connectivity index (χ0) is 13.6. The summed E-state index contributed by atoms with van der Waals surface area (Å²) in [7, 11) is 0. The number of aromatic nitrogens is 3. The minimum absolute atomic E-state index is 0.0891. The maximum Gasteiger partial charge on any atom is 0.189 e. The molecule has 4 nitrogen and oxygen atoms in total. The lowest BCUT2D eigenvalue weighted by Gasteiger charge is -2.22. The van der Waals surface area contributed by atoms with Crippen molar-refractivity contribution < 1.29 is 0 Å². The summed E-state index contributed by atoms with van der Waals surface area (Å²) in [6.45, 7) is 5.41. The molecular weight excluding hydrogens is 324 g/mol. The predicted octanol–water partition coefficient (Wildman–Crippen LogP) is 3.72. The summed E-state index contributed by atoms with van der Waals surface area (Å²) in [6, 6.07) is 4.08. The average molecular weight is 339 g/mol. The van der Waals surface area contributed by atoms with Crippen LogP contribution in [0, 0.1) is 0 Å². The highest BCUT2D eigenvalue weighted by Gasteiger charge is 2.38. The Morgan fingerprint density at radius 1 is 1.47 bits per heavy atom. The summed E-state index contributed by atoms with van der Waals surface area (Å²) in [6.07, 6.45) is 3.81. The fourth-order valence-corrected chi connectivity index (χ4v) is 3.25. The number of H-pyrrole nitrogens is 1. The molecule has 0 radical (unpaired) electrons. The molecule has 0 unspecified atom stereocenters. The Kier molecular flexibility index (Phi) is 3.09. The monoisotopic (exact) mass is 338 g/mol. The van der Waals surface area contributed by atoms with Crippen molar-refractivity contribution in [2.45, 2.75) is 24.4 Å². The van der Waals surface area contributed by atoms with E-state index >= 15 is 0 Å². The van der Waals surface area contributed by atoms with Gasteiger partial charge in [-0.1, -0.05) is 25.6 Å². The number of rotatable bonds is 2. The largest absolute Gasteiger partial charge is 0.351 e. The SMILES string of the molecule is CSc1nccc(N2CC(C)(C)c3[nH]c(Br)cc32)n1. The molecular formula is C13H15BrN4S. The molecule has 0 fully saturated rings. The van der Waals surface area contributed by atoms with Crippen molar-refractivity contribution >= 4 is 39.2 Å². The molecule has 0 saturated heterocycles. The molecule has 0 bridgehead atoms. The Morgan fingerprint density at radius 3 is 3.00 bits per heavy atom. The van der Waals surface area contributed by atoms with Crippen LogP contribution in [0.2, 0.25) is 0 Å². The number of aromatic amines is 1. The van der Waals surface area contributed by atoms with Crippen LogP contribution in [-0.4, -0.2) is 27.8 Å². The predicted molar refractivity (Wildman–Crippen MR) is 82.3 cm³/mol. The summed E-state index contributed by atoms with van der Waals surface area (Å²) >= 11 is 5.08. The van der Waals surface area contributed by atoms with Gasteiger partial charge in [0.15, 0.2) is 5.16 Å². The van der Waals surface area contributed by atoms with Crippen molar-refractivity contribution in [1.82, 2.24) is 15.0 Å². The normalized spacial score (nSPS) is 16.7. The van der Waals surface area contributed by atoms with Crippen molar-refractivity contribution in [2.75, 3.05) is 17.7 Å². The van der Waals surface area contributed by atoms with Gasteiger partial charge in [-0.25, -0.2) is 9.97 Å². The Morgan fingerprint density at radius 2 is 2.26 bits per heavy atom. The third-order valence-electron chi connectivity index (χ3n) is 3.36. The lowest BCUT2D eigenvalue weighted by atomic mass is 9.92. The van der Waals surface area contributed by atoms with Crippen LogP contribution >= 0.6 is 27.7 Å². The molecule has 0 spiro atoms. The van der Waals surface area contributed by atoms with E-state index in [1.165, 1.54) is 11.4 Å². The fourth-order valence-electron chi connectivity index (χ4n) is 2.48. The highest BCUT2D eigenvalue weighted by molar-refractivity contribution is 9.10. The quantitative estimate of drug-likeness (QED) is 0.669. The molecule has 19 heavy (non-hydrogen) atoms. The minimum Gasteiger partial charge on any atom is -0.351 e. The second-order valence-electron chi connectivity index (χ2n) is 5.25. The van der Waals surface area contributed by atoms with Crippen molar-refractivity contribution in [3.63, 3.8) is 0 Å². The molecule has 2 aromatic heterocycles. The first-order chi connectivity index (χ1) is 9.01. The lowest BCUT2D eigenvalue weighted by Crippen LogP contribution is -2.26. The molecule has 1 aliphatic heterocycles. The van der Waals surface area contributed by atoms with Gasteiger partial charge in [0.25, 0.3) is 0 Å². The van der Waals surface area contributed by atoms with E-state index in [1.807, 2.05) is 18.5 Å². The maximum absolute atomic E-state index is 4.60. The Labute approximate surface area is 125 Å². The summed E-state index contributed by atoms with van der Waals surface area (Å²) in [5, 5.41) is 0.804. The topological polar surface area (TPSA) is 44.8 Å². The van der Waals surface area contributed by atoms with E-state index in [0.717, 1.165) is 22.1 Å². The van der Waals surface area contributed by atoms with Gasteiger partial charge in [-0.15, -0.1) is 0 Å². The van der Waals surface area contributed by atoms with Gasteiger partial charge in [-0.3, -0.25) is 0 Å². The first-order valence-corrected chi connectivity index (χ1v) is 8.06. The second-order valence-corrected chi connectivity index (χ2v) is 6.88. The van der Waals surface area contributed by atoms with Gasteiger partial charge in [0, 0.05) is 23.9 Å². The van der Waals surface area contributed by atoms with Crippen molar-refractivity contribution in [3.05, 3.63) is 28.6 Å². The van der Waals surface area contributed by atoms with Gasteiger partial charge in [-0.05, 0) is 34.3 Å². The van der Waals surface area contributed by atoms with Crippen LogP contribution in [0.15, 0.2) is 28.1 Å². The van der Waals surface area contributed by atoms with E-state index in [4.69, 9.17) is 0 Å². The summed E-state index contributed by atoms with van der Waals surface area (Å²) in [5.74, 6) is 0.956. The standard InChI is InChI=1S/C13H15BrN4S/c1-13(2)7-18(8-6-9(14)16-11(8)13)10-4-5-15-12(17-10)19-3/h4-6,16H,7H2,1-3H3. The Balaban J connectivity index is 2.07. The molecule has 0 saturated carbocycles. The molecule has 3 rings (SSSR count). The number of hydrogen-bond donors (Lipinski definition) is 1. The van der Waals surface area contributed by atoms with Gasteiger partial charge in [0.05, 0.1) is 10.3 Å². The second kappa shape index (κ2) is 4.52. The molecule has 0 amide bonds. The van der Waals surface area contributed by atoms with Gasteiger partial charge < -0.3 is 9.88 Å². The van der Waals surface area contributed by atoms with Crippen LogP contribution in [-0.2, 0) is 5.41 Å². The first kappa shape index (κ1) is 13.0. The van der Waals surface area contributed by atoms with Crippen LogP contribution in [0.4, 0.5) is 11.5 Å².